The number of aromatic nitrogens is 2. The largest absolute Gasteiger partial charge is 0.508 e. The van der Waals surface area contributed by atoms with Crippen LogP contribution in [0.15, 0.2) is 121 Å². The molecule has 4 nitrogen and oxygen atoms in total. The second kappa shape index (κ2) is 8.51. The third kappa shape index (κ3) is 3.06. The van der Waals surface area contributed by atoms with Crippen LogP contribution >= 0.6 is 0 Å². The van der Waals surface area contributed by atoms with Crippen molar-refractivity contribution in [3.8, 4) is 11.5 Å². The first-order valence-electron chi connectivity index (χ1n) is 14.3. The zero-order valence-electron chi connectivity index (χ0n) is 22.6. The van der Waals surface area contributed by atoms with Gasteiger partial charge in [0.05, 0.1) is 11.8 Å². The molecule has 2 heterocycles. The van der Waals surface area contributed by atoms with E-state index in [0.29, 0.717) is 0 Å². The van der Waals surface area contributed by atoms with Gasteiger partial charge in [-0.3, -0.25) is 0 Å². The Kier molecular flexibility index (Phi) is 4.71. The number of aromatic amines is 2. The molecule has 1 aliphatic rings. The van der Waals surface area contributed by atoms with Gasteiger partial charge in [-0.2, -0.15) is 0 Å². The van der Waals surface area contributed by atoms with E-state index in [1.54, 1.807) is 0 Å². The van der Waals surface area contributed by atoms with Crippen molar-refractivity contribution in [2.45, 2.75) is 11.8 Å². The smallest absolute Gasteiger partial charge is 0.120 e. The Hall–Kier alpha value is -5.48. The molecule has 2 unspecified atom stereocenters. The van der Waals surface area contributed by atoms with E-state index in [9.17, 15) is 10.2 Å². The monoisotopic (exact) mass is 542 g/mol. The molecule has 0 radical (unpaired) electrons. The van der Waals surface area contributed by atoms with E-state index in [0.717, 1.165) is 77.0 Å². The van der Waals surface area contributed by atoms with Crippen LogP contribution in [0.4, 0.5) is 0 Å². The summed E-state index contributed by atoms with van der Waals surface area (Å²) in [6.45, 7) is 0. The SMILES string of the molecule is Oc1ccc2ccccc2c1C1c2[nH]c3ccccc3c2C(c2c(O)ccc3ccccc23)c2[nH]c3ccccc3c21. The lowest BCUT2D eigenvalue weighted by atomic mass is 9.70. The van der Waals surface area contributed by atoms with Crippen LogP contribution in [-0.4, -0.2) is 20.2 Å². The Balaban J connectivity index is 1.49. The van der Waals surface area contributed by atoms with Crippen molar-refractivity contribution < 1.29 is 10.2 Å². The molecule has 6 aromatic carbocycles. The lowest BCUT2D eigenvalue weighted by molar-refractivity contribution is 0.465. The van der Waals surface area contributed by atoms with E-state index in [1.165, 1.54) is 0 Å². The van der Waals surface area contributed by atoms with Gasteiger partial charge in [-0.05, 0) is 56.9 Å². The molecule has 200 valence electrons. The lowest BCUT2D eigenvalue weighted by Crippen LogP contribution is -2.20. The number of hydrogen-bond acceptors (Lipinski definition) is 2. The van der Waals surface area contributed by atoms with Crippen molar-refractivity contribution in [1.29, 1.82) is 0 Å². The Morgan fingerprint density at radius 1 is 0.381 bits per heavy atom. The number of fused-ring (bicyclic) bond motifs is 8. The van der Waals surface area contributed by atoms with Crippen molar-refractivity contribution >= 4 is 43.4 Å². The summed E-state index contributed by atoms with van der Waals surface area (Å²) in [6, 6.07) is 40.9. The molecule has 0 spiro atoms. The predicted molar refractivity (Wildman–Crippen MR) is 170 cm³/mol. The quantitative estimate of drug-likeness (QED) is 0.176. The molecule has 4 heteroatoms. The van der Waals surface area contributed by atoms with Crippen molar-refractivity contribution in [3.63, 3.8) is 0 Å². The maximum Gasteiger partial charge on any atom is 0.120 e. The molecule has 4 N–H and O–H groups in total. The Morgan fingerprint density at radius 3 is 1.21 bits per heavy atom. The van der Waals surface area contributed by atoms with Crippen LogP contribution < -0.4 is 0 Å². The summed E-state index contributed by atoms with van der Waals surface area (Å²) in [6.07, 6.45) is 0. The van der Waals surface area contributed by atoms with Gasteiger partial charge in [-0.1, -0.05) is 97.1 Å². The third-order valence-electron chi connectivity index (χ3n) is 9.18. The second-order valence-corrected chi connectivity index (χ2v) is 11.3. The maximum atomic E-state index is 11.6. The van der Waals surface area contributed by atoms with Crippen LogP contribution in [0.25, 0.3) is 43.4 Å². The summed E-state index contributed by atoms with van der Waals surface area (Å²) in [5, 5.41) is 29.6. The van der Waals surface area contributed by atoms with Gasteiger partial charge in [0.2, 0.25) is 0 Å². The third-order valence-corrected chi connectivity index (χ3v) is 9.18. The highest BCUT2D eigenvalue weighted by atomic mass is 16.3. The van der Waals surface area contributed by atoms with E-state index in [2.05, 4.69) is 70.6 Å². The molecule has 0 bridgehead atoms. The van der Waals surface area contributed by atoms with Gasteiger partial charge < -0.3 is 20.2 Å². The van der Waals surface area contributed by atoms with Gasteiger partial charge in [0, 0.05) is 44.3 Å². The van der Waals surface area contributed by atoms with Crippen LogP contribution in [-0.2, 0) is 0 Å². The summed E-state index contributed by atoms with van der Waals surface area (Å²) in [7, 11) is 0. The number of para-hydroxylation sites is 2. The zero-order valence-corrected chi connectivity index (χ0v) is 22.6. The number of phenolic OH excluding ortho intramolecular Hbond substituents is 2. The molecule has 8 aromatic rings. The Morgan fingerprint density at radius 2 is 0.762 bits per heavy atom. The highest BCUT2D eigenvalue weighted by Crippen LogP contribution is 2.56. The molecular weight excluding hydrogens is 516 g/mol. The molecule has 2 atom stereocenters. The summed E-state index contributed by atoms with van der Waals surface area (Å²) in [5.41, 5.74) is 8.15. The van der Waals surface area contributed by atoms with E-state index in [4.69, 9.17) is 0 Å². The molecule has 0 amide bonds. The first-order valence-corrected chi connectivity index (χ1v) is 14.3. The molecule has 0 aliphatic heterocycles. The van der Waals surface area contributed by atoms with Crippen molar-refractivity contribution in [3.05, 3.63) is 155 Å². The standard InChI is InChI=1S/C38H26N2O2/c41-29-19-17-21-9-1-3-11-23(21)31(29)35-33-25-13-5-7-15-27(25)40-38(33)36(34-26-14-6-8-16-28(26)39-37(34)35)32-24-12-4-2-10-22(24)18-20-30(32)42/h1-20,35-36,39-42H. The summed E-state index contributed by atoms with van der Waals surface area (Å²) < 4.78 is 0. The molecule has 0 fully saturated rings. The zero-order chi connectivity index (χ0) is 27.9. The topological polar surface area (TPSA) is 72.0 Å². The van der Waals surface area contributed by atoms with Gasteiger partial charge in [-0.15, -0.1) is 0 Å². The highest BCUT2D eigenvalue weighted by molar-refractivity contribution is 5.98. The fraction of sp³-hybridized carbons (Fsp3) is 0.0526. The molecule has 0 saturated heterocycles. The van der Waals surface area contributed by atoms with Crippen LogP contribution in [0.1, 0.15) is 45.5 Å². The lowest BCUT2D eigenvalue weighted by Gasteiger charge is -2.32. The van der Waals surface area contributed by atoms with Crippen LogP contribution in [0.3, 0.4) is 0 Å². The highest BCUT2D eigenvalue weighted by Gasteiger charge is 2.42. The molecule has 9 rings (SSSR count). The van der Waals surface area contributed by atoms with E-state index in [1.807, 2.05) is 60.7 Å². The van der Waals surface area contributed by atoms with Crippen molar-refractivity contribution in [2.24, 2.45) is 0 Å². The molecule has 2 aromatic heterocycles. The molecular formula is C38H26N2O2. The number of aromatic hydroxyl groups is 2. The first-order chi connectivity index (χ1) is 20.7. The first kappa shape index (κ1) is 23.2. The van der Waals surface area contributed by atoms with Crippen molar-refractivity contribution in [1.82, 2.24) is 9.97 Å². The Labute approximate surface area is 241 Å². The second-order valence-electron chi connectivity index (χ2n) is 11.3. The molecule has 1 aliphatic carbocycles. The average Bonchev–Trinajstić information content (AvgIpc) is 3.60. The van der Waals surface area contributed by atoms with Crippen LogP contribution in [0.5, 0.6) is 11.5 Å². The van der Waals surface area contributed by atoms with E-state index < -0.39 is 0 Å². The summed E-state index contributed by atoms with van der Waals surface area (Å²) >= 11 is 0. The van der Waals surface area contributed by atoms with Gasteiger partial charge >= 0.3 is 0 Å². The van der Waals surface area contributed by atoms with Crippen LogP contribution in [0.2, 0.25) is 0 Å². The van der Waals surface area contributed by atoms with E-state index in [-0.39, 0.29) is 23.3 Å². The number of rotatable bonds is 2. The van der Waals surface area contributed by atoms with E-state index >= 15 is 0 Å². The van der Waals surface area contributed by atoms with Crippen LogP contribution in [0, 0.1) is 0 Å². The minimum atomic E-state index is -0.266. The fourth-order valence-corrected chi connectivity index (χ4v) is 7.49. The minimum Gasteiger partial charge on any atom is -0.508 e. The molecule has 0 saturated carbocycles. The predicted octanol–water partition coefficient (Wildman–Crippen LogP) is 9.04. The number of H-pyrrole nitrogens is 2. The summed E-state index contributed by atoms with van der Waals surface area (Å²) in [4.78, 5) is 7.63. The molecule has 42 heavy (non-hydrogen) atoms. The summed E-state index contributed by atoms with van der Waals surface area (Å²) in [5.74, 6) is 0.00743. The number of nitrogens with one attached hydrogen (secondary N) is 2. The number of phenols is 2. The Bertz CT molecular complexity index is 2190. The van der Waals surface area contributed by atoms with Gasteiger partial charge in [0.25, 0.3) is 0 Å². The average molecular weight is 543 g/mol. The van der Waals surface area contributed by atoms with Gasteiger partial charge in [-0.25, -0.2) is 0 Å². The number of benzene rings is 6. The van der Waals surface area contributed by atoms with Gasteiger partial charge in [0.15, 0.2) is 0 Å². The minimum absolute atomic E-state index is 0.266. The normalized spacial score (nSPS) is 16.3. The van der Waals surface area contributed by atoms with Gasteiger partial charge in [0.1, 0.15) is 11.5 Å². The number of hydrogen-bond donors (Lipinski definition) is 4. The maximum absolute atomic E-state index is 11.6. The van der Waals surface area contributed by atoms with Crippen molar-refractivity contribution in [2.75, 3.05) is 0 Å². The fourth-order valence-electron chi connectivity index (χ4n) is 7.49.